The van der Waals surface area contributed by atoms with E-state index in [-0.39, 0.29) is 24.3 Å². The van der Waals surface area contributed by atoms with Gasteiger partial charge < -0.3 is 20.7 Å². The van der Waals surface area contributed by atoms with Crippen LogP contribution in [0, 0.1) is 5.92 Å². The molecule has 1 aliphatic rings. The number of likely N-dealkylation sites (N-methyl/N-ethyl adjacent to an activating group) is 1. The fourth-order valence-corrected chi connectivity index (χ4v) is 2.55. The number of benzene rings is 1. The summed E-state index contributed by atoms with van der Waals surface area (Å²) < 4.78 is 5.45. The minimum absolute atomic E-state index is 0.00258. The van der Waals surface area contributed by atoms with Gasteiger partial charge in [-0.1, -0.05) is 12.1 Å². The second kappa shape index (κ2) is 9.15. The molecule has 0 spiro atoms. The van der Waals surface area contributed by atoms with Gasteiger partial charge in [0.25, 0.3) is 5.91 Å². The van der Waals surface area contributed by atoms with Gasteiger partial charge in [0.1, 0.15) is 5.75 Å². The molecule has 126 valence electrons. The predicted molar refractivity (Wildman–Crippen MR) is 88.1 cm³/mol. The Bertz CT molecular complexity index is 528. The lowest BCUT2D eigenvalue weighted by Crippen LogP contribution is -2.40. The van der Waals surface area contributed by atoms with Crippen LogP contribution >= 0.6 is 0 Å². The van der Waals surface area contributed by atoms with E-state index in [1.807, 2.05) is 25.1 Å². The summed E-state index contributed by atoms with van der Waals surface area (Å²) in [5, 5.41) is 8.89. The average Bonchev–Trinajstić information content (AvgIpc) is 2.59. The fourth-order valence-electron chi connectivity index (χ4n) is 2.55. The molecule has 2 amide bonds. The Kier molecular flexibility index (Phi) is 6.87. The Morgan fingerprint density at radius 3 is 2.96 bits per heavy atom. The van der Waals surface area contributed by atoms with Crippen molar-refractivity contribution in [2.24, 2.45) is 5.92 Å². The molecule has 1 unspecified atom stereocenters. The molecule has 1 aromatic rings. The van der Waals surface area contributed by atoms with Gasteiger partial charge in [-0.2, -0.15) is 0 Å². The van der Waals surface area contributed by atoms with Crippen molar-refractivity contribution < 1.29 is 14.3 Å². The average molecular weight is 319 g/mol. The highest BCUT2D eigenvalue weighted by Crippen LogP contribution is 2.14. The summed E-state index contributed by atoms with van der Waals surface area (Å²) in [7, 11) is 0. The fraction of sp³-hybridized carbons (Fsp3) is 0.529. The summed E-state index contributed by atoms with van der Waals surface area (Å²) in [6, 6.07) is 7.43. The van der Waals surface area contributed by atoms with Crippen LogP contribution < -0.4 is 20.7 Å². The number of nitrogens with one attached hydrogen (secondary N) is 3. The van der Waals surface area contributed by atoms with E-state index < -0.39 is 0 Å². The van der Waals surface area contributed by atoms with Crippen LogP contribution in [-0.2, 0) is 16.1 Å². The van der Waals surface area contributed by atoms with E-state index >= 15 is 0 Å². The minimum atomic E-state index is -0.143. The van der Waals surface area contributed by atoms with Gasteiger partial charge in [-0.15, -0.1) is 0 Å². The molecule has 0 saturated carbocycles. The summed E-state index contributed by atoms with van der Waals surface area (Å²) in [4.78, 5) is 23.5. The number of carbonyl (C=O) groups excluding carboxylic acids is 2. The zero-order valence-corrected chi connectivity index (χ0v) is 13.6. The summed E-state index contributed by atoms with van der Waals surface area (Å²) >= 11 is 0. The molecule has 0 aliphatic carbocycles. The van der Waals surface area contributed by atoms with Crippen LogP contribution in [0.3, 0.4) is 0 Å². The van der Waals surface area contributed by atoms with Crippen LogP contribution in [0.5, 0.6) is 5.75 Å². The van der Waals surface area contributed by atoms with E-state index in [0.29, 0.717) is 18.8 Å². The highest BCUT2D eigenvalue weighted by molar-refractivity contribution is 5.79. The van der Waals surface area contributed by atoms with Crippen LogP contribution in [0.2, 0.25) is 0 Å². The smallest absolute Gasteiger partial charge is 0.257 e. The van der Waals surface area contributed by atoms with Crippen molar-refractivity contribution in [1.29, 1.82) is 0 Å². The number of rotatable bonds is 7. The molecule has 6 nitrogen and oxygen atoms in total. The first-order valence-electron chi connectivity index (χ1n) is 8.16. The third-order valence-electron chi connectivity index (χ3n) is 3.78. The van der Waals surface area contributed by atoms with Crippen molar-refractivity contribution in [3.63, 3.8) is 0 Å². The van der Waals surface area contributed by atoms with Gasteiger partial charge in [-0.25, -0.2) is 0 Å². The summed E-state index contributed by atoms with van der Waals surface area (Å²) in [6.45, 7) is 4.66. The minimum Gasteiger partial charge on any atom is -0.484 e. The van der Waals surface area contributed by atoms with Gasteiger partial charge in [0, 0.05) is 19.6 Å². The lowest BCUT2D eigenvalue weighted by Gasteiger charge is -2.21. The van der Waals surface area contributed by atoms with Crippen molar-refractivity contribution in [1.82, 2.24) is 16.0 Å². The van der Waals surface area contributed by atoms with Gasteiger partial charge in [0.2, 0.25) is 5.91 Å². The molecule has 1 saturated heterocycles. The van der Waals surface area contributed by atoms with E-state index in [9.17, 15) is 9.59 Å². The number of carbonyl (C=O) groups is 2. The van der Waals surface area contributed by atoms with E-state index in [4.69, 9.17) is 4.74 Å². The first-order valence-corrected chi connectivity index (χ1v) is 8.16. The SMILES string of the molecule is CCNC(=O)COc1cccc(CNC(=O)C2CCCNC2)c1. The third-order valence-corrected chi connectivity index (χ3v) is 3.78. The Balaban J connectivity index is 1.80. The Labute approximate surface area is 137 Å². The third kappa shape index (κ3) is 5.90. The van der Waals surface area contributed by atoms with Crippen LogP contribution in [0.15, 0.2) is 24.3 Å². The standard InChI is InChI=1S/C17H25N3O3/c1-2-19-16(21)12-23-15-7-3-5-13(9-15)10-20-17(22)14-6-4-8-18-11-14/h3,5,7,9,14,18H,2,4,6,8,10-12H2,1H3,(H,19,21)(H,20,22). The lowest BCUT2D eigenvalue weighted by atomic mass is 9.99. The van der Waals surface area contributed by atoms with Crippen LogP contribution in [0.25, 0.3) is 0 Å². The van der Waals surface area contributed by atoms with Gasteiger partial charge in [0.05, 0.1) is 5.92 Å². The van der Waals surface area contributed by atoms with Crippen molar-refractivity contribution in [3.05, 3.63) is 29.8 Å². The Morgan fingerprint density at radius 1 is 1.35 bits per heavy atom. The maximum absolute atomic E-state index is 12.1. The molecule has 3 N–H and O–H groups in total. The van der Waals surface area contributed by atoms with E-state index in [1.54, 1.807) is 6.07 Å². The van der Waals surface area contributed by atoms with Crippen molar-refractivity contribution >= 4 is 11.8 Å². The van der Waals surface area contributed by atoms with Gasteiger partial charge in [-0.05, 0) is 44.0 Å². The Morgan fingerprint density at radius 2 is 2.22 bits per heavy atom. The number of piperidine rings is 1. The molecule has 23 heavy (non-hydrogen) atoms. The largest absolute Gasteiger partial charge is 0.484 e. The van der Waals surface area contributed by atoms with E-state index in [0.717, 1.165) is 31.5 Å². The highest BCUT2D eigenvalue weighted by atomic mass is 16.5. The van der Waals surface area contributed by atoms with Gasteiger partial charge in [0.15, 0.2) is 6.61 Å². The molecule has 0 bridgehead atoms. The molecule has 1 aliphatic heterocycles. The highest BCUT2D eigenvalue weighted by Gasteiger charge is 2.20. The maximum atomic E-state index is 12.1. The molecule has 0 radical (unpaired) electrons. The van der Waals surface area contributed by atoms with Crippen LogP contribution in [-0.4, -0.2) is 38.1 Å². The zero-order chi connectivity index (χ0) is 16.5. The summed E-state index contributed by atoms with van der Waals surface area (Å²) in [5.41, 5.74) is 0.954. The molecule has 1 fully saturated rings. The summed E-state index contributed by atoms with van der Waals surface area (Å²) in [5.74, 6) is 0.630. The number of amides is 2. The first-order chi connectivity index (χ1) is 11.2. The molecule has 1 atom stereocenters. The zero-order valence-electron chi connectivity index (χ0n) is 13.6. The van der Waals surface area contributed by atoms with Crippen LogP contribution in [0.4, 0.5) is 0 Å². The second-order valence-electron chi connectivity index (χ2n) is 5.65. The molecule has 1 aromatic carbocycles. The normalized spacial score (nSPS) is 17.3. The van der Waals surface area contributed by atoms with Crippen molar-refractivity contribution in [2.75, 3.05) is 26.2 Å². The molecule has 2 rings (SSSR count). The molecule has 1 heterocycles. The van der Waals surface area contributed by atoms with E-state index in [1.165, 1.54) is 0 Å². The number of hydrogen-bond donors (Lipinski definition) is 3. The van der Waals surface area contributed by atoms with Gasteiger partial charge >= 0.3 is 0 Å². The van der Waals surface area contributed by atoms with Crippen molar-refractivity contribution in [2.45, 2.75) is 26.3 Å². The topological polar surface area (TPSA) is 79.5 Å². The molecule has 0 aromatic heterocycles. The molecular weight excluding hydrogens is 294 g/mol. The van der Waals surface area contributed by atoms with Gasteiger partial charge in [-0.3, -0.25) is 9.59 Å². The number of hydrogen-bond acceptors (Lipinski definition) is 4. The Hall–Kier alpha value is -2.08. The summed E-state index contributed by atoms with van der Waals surface area (Å²) in [6.07, 6.45) is 1.98. The van der Waals surface area contributed by atoms with Crippen molar-refractivity contribution in [3.8, 4) is 5.75 Å². The first kappa shape index (κ1) is 17.3. The number of ether oxygens (including phenoxy) is 1. The molecular formula is C17H25N3O3. The lowest BCUT2D eigenvalue weighted by molar-refractivity contribution is -0.125. The monoisotopic (exact) mass is 319 g/mol. The maximum Gasteiger partial charge on any atom is 0.257 e. The van der Waals surface area contributed by atoms with E-state index in [2.05, 4.69) is 16.0 Å². The second-order valence-corrected chi connectivity index (χ2v) is 5.65. The quantitative estimate of drug-likeness (QED) is 0.695. The van der Waals surface area contributed by atoms with Crippen LogP contribution in [0.1, 0.15) is 25.3 Å². The predicted octanol–water partition coefficient (Wildman–Crippen LogP) is 0.817. The molecule has 6 heteroatoms.